The van der Waals surface area contributed by atoms with E-state index < -0.39 is 23.5 Å². The van der Waals surface area contributed by atoms with Crippen molar-refractivity contribution in [3.8, 4) is 0 Å². The van der Waals surface area contributed by atoms with E-state index in [1.807, 2.05) is 32.6 Å². The van der Waals surface area contributed by atoms with Crippen LogP contribution >= 0.6 is 0 Å². The third kappa shape index (κ3) is 6.35. The van der Waals surface area contributed by atoms with Crippen LogP contribution < -0.4 is 0 Å². The second kappa shape index (κ2) is 11.6. The van der Waals surface area contributed by atoms with Crippen LogP contribution in [0.5, 0.6) is 0 Å². The van der Waals surface area contributed by atoms with Gasteiger partial charge < -0.3 is 19.1 Å². The SMILES string of the molecule is CCOC(=O)[C@H]1CC[C@H](OC(C(=O)OC(C)(C)C)(N2CCCC2)N2CCC[C@H]2C(=O)N(C)C)CC1. The molecule has 9 heteroatoms. The number of esters is 2. The minimum absolute atomic E-state index is 0.0238. The number of nitrogens with zero attached hydrogens (tertiary/aromatic N) is 3. The maximum Gasteiger partial charge on any atom is 0.371 e. The first-order chi connectivity index (χ1) is 16.5. The number of hydrogen-bond acceptors (Lipinski definition) is 8. The number of likely N-dealkylation sites (tertiary alicyclic amines) is 2. The zero-order chi connectivity index (χ0) is 25.8. The molecular formula is C26H45N3O6. The number of ether oxygens (including phenoxy) is 3. The zero-order valence-corrected chi connectivity index (χ0v) is 22.5. The smallest absolute Gasteiger partial charge is 0.371 e. The van der Waals surface area contributed by atoms with Crippen molar-refractivity contribution >= 4 is 17.8 Å². The Morgan fingerprint density at radius 2 is 1.54 bits per heavy atom. The lowest BCUT2D eigenvalue weighted by Gasteiger charge is -2.49. The molecule has 0 aromatic rings. The zero-order valence-electron chi connectivity index (χ0n) is 22.5. The van der Waals surface area contributed by atoms with Gasteiger partial charge in [-0.15, -0.1) is 0 Å². The van der Waals surface area contributed by atoms with Crippen molar-refractivity contribution in [1.29, 1.82) is 0 Å². The summed E-state index contributed by atoms with van der Waals surface area (Å²) in [7, 11) is 3.50. The van der Waals surface area contributed by atoms with E-state index >= 15 is 0 Å². The van der Waals surface area contributed by atoms with Gasteiger partial charge in [-0.05, 0) is 79.1 Å². The van der Waals surface area contributed by atoms with Crippen molar-refractivity contribution in [2.75, 3.05) is 40.3 Å². The Hall–Kier alpha value is -1.71. The molecule has 2 saturated heterocycles. The lowest BCUT2D eigenvalue weighted by molar-refractivity contribution is -0.279. The summed E-state index contributed by atoms with van der Waals surface area (Å²) in [4.78, 5) is 45.2. The lowest BCUT2D eigenvalue weighted by Crippen LogP contribution is -2.70. The first kappa shape index (κ1) is 27.9. The van der Waals surface area contributed by atoms with Crippen LogP contribution in [0.2, 0.25) is 0 Å². The molecule has 1 amide bonds. The van der Waals surface area contributed by atoms with Gasteiger partial charge in [-0.25, -0.2) is 9.69 Å². The van der Waals surface area contributed by atoms with Gasteiger partial charge in [0, 0.05) is 33.7 Å². The van der Waals surface area contributed by atoms with Gasteiger partial charge in [0.05, 0.1) is 24.7 Å². The van der Waals surface area contributed by atoms with E-state index in [2.05, 4.69) is 4.90 Å². The minimum Gasteiger partial charge on any atom is -0.466 e. The molecule has 0 N–H and O–H groups in total. The Labute approximate surface area is 210 Å². The highest BCUT2D eigenvalue weighted by molar-refractivity contribution is 5.84. The number of amides is 1. The highest BCUT2D eigenvalue weighted by Crippen LogP contribution is 2.40. The van der Waals surface area contributed by atoms with Crippen LogP contribution in [0.15, 0.2) is 0 Å². The number of likely N-dealkylation sites (N-methyl/N-ethyl adjacent to an activating group) is 1. The fourth-order valence-electron chi connectivity index (χ4n) is 5.58. The van der Waals surface area contributed by atoms with Crippen molar-refractivity contribution in [1.82, 2.24) is 14.7 Å². The Morgan fingerprint density at radius 3 is 2.09 bits per heavy atom. The van der Waals surface area contributed by atoms with Gasteiger partial charge in [0.25, 0.3) is 5.85 Å². The minimum atomic E-state index is -1.46. The summed E-state index contributed by atoms with van der Waals surface area (Å²) in [5.74, 6) is -2.22. The number of rotatable bonds is 8. The Morgan fingerprint density at radius 1 is 0.914 bits per heavy atom. The number of hydrogen-bond donors (Lipinski definition) is 0. The predicted octanol–water partition coefficient (Wildman–Crippen LogP) is 2.77. The van der Waals surface area contributed by atoms with Gasteiger partial charge in [-0.3, -0.25) is 14.5 Å². The maximum atomic E-state index is 14.1. The van der Waals surface area contributed by atoms with Crippen molar-refractivity contribution in [3.05, 3.63) is 0 Å². The standard InChI is InChI=1S/C26H45N3O6/c1-7-33-23(31)19-12-14-20(15-13-19)34-26(28-16-8-9-17-28,24(32)35-25(2,3)4)29-18-10-11-21(29)22(30)27(5)6/h19-21H,7-18H2,1-6H3/t19-,20-,21-,26?/m0/s1. The van der Waals surface area contributed by atoms with Crippen LogP contribution in [0.25, 0.3) is 0 Å². The molecular weight excluding hydrogens is 450 g/mol. The number of carbonyl (C=O) groups is 3. The largest absolute Gasteiger partial charge is 0.466 e. The molecule has 2 heterocycles. The summed E-state index contributed by atoms with van der Waals surface area (Å²) in [6.45, 7) is 9.76. The van der Waals surface area contributed by atoms with E-state index in [0.29, 0.717) is 58.3 Å². The molecule has 35 heavy (non-hydrogen) atoms. The quantitative estimate of drug-likeness (QED) is 0.475. The molecule has 0 bridgehead atoms. The lowest BCUT2D eigenvalue weighted by atomic mass is 9.87. The van der Waals surface area contributed by atoms with Gasteiger partial charge >= 0.3 is 11.9 Å². The van der Waals surface area contributed by atoms with Crippen LogP contribution in [0.4, 0.5) is 0 Å². The van der Waals surface area contributed by atoms with Crippen molar-refractivity contribution in [2.45, 2.75) is 103 Å². The van der Waals surface area contributed by atoms with Gasteiger partial charge in [0.15, 0.2) is 0 Å². The molecule has 0 aromatic heterocycles. The van der Waals surface area contributed by atoms with Gasteiger partial charge in [0.1, 0.15) is 5.60 Å². The van der Waals surface area contributed by atoms with Crippen molar-refractivity contribution < 1.29 is 28.6 Å². The second-order valence-corrected chi connectivity index (χ2v) is 11.2. The van der Waals surface area contributed by atoms with Crippen molar-refractivity contribution in [2.24, 2.45) is 5.92 Å². The average molecular weight is 496 g/mol. The monoisotopic (exact) mass is 495 g/mol. The molecule has 3 rings (SSSR count). The van der Waals surface area contributed by atoms with Gasteiger partial charge in [-0.2, -0.15) is 0 Å². The molecule has 3 fully saturated rings. The molecule has 1 aliphatic carbocycles. The first-order valence-electron chi connectivity index (χ1n) is 13.3. The predicted molar refractivity (Wildman–Crippen MR) is 131 cm³/mol. The fraction of sp³-hybridized carbons (Fsp3) is 0.885. The van der Waals surface area contributed by atoms with E-state index in [0.717, 1.165) is 19.3 Å². The summed E-state index contributed by atoms with van der Waals surface area (Å²) in [5, 5.41) is 0. The summed E-state index contributed by atoms with van der Waals surface area (Å²) < 4.78 is 18.1. The molecule has 0 radical (unpaired) electrons. The second-order valence-electron chi connectivity index (χ2n) is 11.2. The van der Waals surface area contributed by atoms with E-state index in [1.54, 1.807) is 19.0 Å². The van der Waals surface area contributed by atoms with Crippen LogP contribution in [0, 0.1) is 5.92 Å². The molecule has 1 unspecified atom stereocenters. The number of carbonyl (C=O) groups excluding carboxylic acids is 3. The molecule has 0 aromatic carbocycles. The fourth-order valence-corrected chi connectivity index (χ4v) is 5.58. The molecule has 2 atom stereocenters. The van der Waals surface area contributed by atoms with E-state index in [9.17, 15) is 14.4 Å². The third-order valence-electron chi connectivity index (χ3n) is 7.19. The highest BCUT2D eigenvalue weighted by atomic mass is 16.6. The van der Waals surface area contributed by atoms with Crippen LogP contribution in [-0.2, 0) is 28.6 Å². The van der Waals surface area contributed by atoms with Gasteiger partial charge in [-0.1, -0.05) is 0 Å². The van der Waals surface area contributed by atoms with Crippen LogP contribution in [-0.4, -0.2) is 96.5 Å². The van der Waals surface area contributed by atoms with Crippen molar-refractivity contribution in [3.63, 3.8) is 0 Å². The summed E-state index contributed by atoms with van der Waals surface area (Å²) >= 11 is 0. The molecule has 9 nitrogen and oxygen atoms in total. The first-order valence-corrected chi connectivity index (χ1v) is 13.3. The highest BCUT2D eigenvalue weighted by Gasteiger charge is 2.59. The maximum absolute atomic E-state index is 14.1. The molecule has 200 valence electrons. The average Bonchev–Trinajstić information content (AvgIpc) is 3.49. The Balaban J connectivity index is 1.94. The van der Waals surface area contributed by atoms with Gasteiger partial charge in [0.2, 0.25) is 5.91 Å². The molecule has 0 spiro atoms. The van der Waals surface area contributed by atoms with E-state index in [1.165, 1.54) is 0 Å². The van der Waals surface area contributed by atoms with E-state index in [4.69, 9.17) is 14.2 Å². The summed E-state index contributed by atoms with van der Waals surface area (Å²) in [6, 6.07) is -0.450. The molecule has 1 saturated carbocycles. The topological polar surface area (TPSA) is 88.6 Å². The van der Waals surface area contributed by atoms with Crippen LogP contribution in [0.3, 0.4) is 0 Å². The van der Waals surface area contributed by atoms with Crippen LogP contribution in [0.1, 0.15) is 79.1 Å². The third-order valence-corrected chi connectivity index (χ3v) is 7.19. The van der Waals surface area contributed by atoms with E-state index in [-0.39, 0.29) is 23.9 Å². The summed E-state index contributed by atoms with van der Waals surface area (Å²) in [6.07, 6.45) is 5.82. The molecule has 3 aliphatic rings. The molecule has 2 aliphatic heterocycles. The summed E-state index contributed by atoms with van der Waals surface area (Å²) in [5.41, 5.74) is -0.701. The Kier molecular flexibility index (Phi) is 9.21. The Bertz CT molecular complexity index is 753. The normalized spacial score (nSPS) is 27.9.